The van der Waals surface area contributed by atoms with E-state index in [2.05, 4.69) is 4.98 Å². The molecular weight excluding hydrogens is 376 g/mol. The van der Waals surface area contributed by atoms with E-state index in [0.717, 1.165) is 0 Å². The molecule has 1 amide bonds. The lowest BCUT2D eigenvalue weighted by atomic mass is 9.95. The molecule has 1 aliphatic heterocycles. The number of Topliss-reactive ketones (excluding diaryl/α,β-unsaturated/α-hetero) is 1. The highest BCUT2D eigenvalue weighted by Gasteiger charge is 2.47. The van der Waals surface area contributed by atoms with Crippen LogP contribution in [0.25, 0.3) is 5.76 Å². The molecule has 5 nitrogen and oxygen atoms in total. The molecule has 28 heavy (non-hydrogen) atoms. The summed E-state index contributed by atoms with van der Waals surface area (Å²) in [7, 11) is 0. The molecule has 4 rings (SSSR count). The number of pyridine rings is 1. The molecule has 0 saturated carbocycles. The Bertz CT molecular complexity index is 1060. The molecule has 1 saturated heterocycles. The third-order valence-electron chi connectivity index (χ3n) is 4.57. The Kier molecular flexibility index (Phi) is 4.67. The maximum absolute atomic E-state index is 12.9. The van der Waals surface area contributed by atoms with Gasteiger partial charge in [0.05, 0.1) is 11.6 Å². The number of amides is 1. The van der Waals surface area contributed by atoms with Crippen LogP contribution in [-0.4, -0.2) is 21.8 Å². The first-order valence-electron chi connectivity index (χ1n) is 8.61. The highest BCUT2D eigenvalue weighted by Crippen LogP contribution is 2.41. The number of ketones is 1. The number of halogens is 1. The molecule has 0 radical (unpaired) electrons. The maximum atomic E-state index is 12.9. The van der Waals surface area contributed by atoms with Gasteiger partial charge in [0.1, 0.15) is 11.6 Å². The van der Waals surface area contributed by atoms with Gasteiger partial charge >= 0.3 is 5.91 Å². The molecule has 1 aliphatic rings. The van der Waals surface area contributed by atoms with Crippen LogP contribution in [0, 0.1) is 0 Å². The lowest BCUT2D eigenvalue weighted by Crippen LogP contribution is -2.30. The van der Waals surface area contributed by atoms with Crippen molar-refractivity contribution in [3.8, 4) is 0 Å². The summed E-state index contributed by atoms with van der Waals surface area (Å²) in [4.78, 5) is 31.3. The first-order valence-corrected chi connectivity index (χ1v) is 8.98. The maximum Gasteiger partial charge on any atom is 0.301 e. The van der Waals surface area contributed by atoms with E-state index in [9.17, 15) is 14.7 Å². The van der Waals surface area contributed by atoms with Gasteiger partial charge in [0.2, 0.25) is 0 Å². The minimum atomic E-state index is -0.813. The average Bonchev–Trinajstić information content (AvgIpc) is 3.00. The summed E-state index contributed by atoms with van der Waals surface area (Å²) in [5.41, 5.74) is 1.12. The van der Waals surface area contributed by atoms with Crippen LogP contribution in [0.15, 0.2) is 84.6 Å². The molecule has 2 heterocycles. The van der Waals surface area contributed by atoms with Gasteiger partial charge in [0.15, 0.2) is 0 Å². The van der Waals surface area contributed by atoms with Gasteiger partial charge in [-0.05, 0) is 29.8 Å². The molecular formula is C22H15ClN2O3. The van der Waals surface area contributed by atoms with Gasteiger partial charge in [-0.2, -0.15) is 0 Å². The number of aliphatic hydroxyl groups is 1. The van der Waals surface area contributed by atoms with Crippen LogP contribution in [0.4, 0.5) is 5.82 Å². The number of hydrogen-bond acceptors (Lipinski definition) is 4. The average molecular weight is 391 g/mol. The van der Waals surface area contributed by atoms with Crippen molar-refractivity contribution < 1.29 is 14.7 Å². The van der Waals surface area contributed by atoms with Crippen molar-refractivity contribution in [2.75, 3.05) is 4.90 Å². The Balaban J connectivity index is 1.95. The van der Waals surface area contributed by atoms with E-state index in [1.165, 1.54) is 4.90 Å². The van der Waals surface area contributed by atoms with Crippen LogP contribution in [-0.2, 0) is 9.59 Å². The van der Waals surface area contributed by atoms with Crippen molar-refractivity contribution in [2.45, 2.75) is 6.04 Å². The summed E-state index contributed by atoms with van der Waals surface area (Å²) in [6.07, 6.45) is 1.55. The van der Waals surface area contributed by atoms with E-state index < -0.39 is 17.7 Å². The quantitative estimate of drug-likeness (QED) is 0.410. The number of aromatic nitrogens is 1. The highest BCUT2D eigenvalue weighted by atomic mass is 35.5. The fourth-order valence-electron chi connectivity index (χ4n) is 3.28. The van der Waals surface area contributed by atoms with Crippen LogP contribution >= 0.6 is 11.6 Å². The van der Waals surface area contributed by atoms with E-state index in [1.807, 2.05) is 0 Å². The van der Waals surface area contributed by atoms with Crippen LogP contribution in [0.5, 0.6) is 0 Å². The molecule has 6 heteroatoms. The predicted molar refractivity (Wildman–Crippen MR) is 107 cm³/mol. The molecule has 1 aromatic heterocycles. The predicted octanol–water partition coefficient (Wildman–Crippen LogP) is 4.36. The van der Waals surface area contributed by atoms with E-state index in [1.54, 1.807) is 79.0 Å². The van der Waals surface area contributed by atoms with Gasteiger partial charge in [-0.1, -0.05) is 60.1 Å². The second-order valence-corrected chi connectivity index (χ2v) is 6.71. The normalized spacial score (nSPS) is 18.5. The van der Waals surface area contributed by atoms with E-state index in [-0.39, 0.29) is 11.3 Å². The van der Waals surface area contributed by atoms with Gasteiger partial charge in [-0.25, -0.2) is 4.98 Å². The van der Waals surface area contributed by atoms with Crippen molar-refractivity contribution >= 4 is 34.9 Å². The first kappa shape index (κ1) is 17.9. The molecule has 1 fully saturated rings. The zero-order valence-corrected chi connectivity index (χ0v) is 15.4. The standard InChI is InChI=1S/C22H15ClN2O3/c23-16-11-9-14(10-12-16)19-18(20(26)15-6-2-1-3-7-15)21(27)22(28)25(19)17-8-4-5-13-24-17/h1-13,19,26H/t19-/m0/s1. The van der Waals surface area contributed by atoms with Gasteiger partial charge in [-0.3, -0.25) is 14.5 Å². The summed E-state index contributed by atoms with van der Waals surface area (Å²) >= 11 is 6.00. The Morgan fingerprint density at radius 1 is 0.929 bits per heavy atom. The summed E-state index contributed by atoms with van der Waals surface area (Å²) in [6, 6.07) is 19.8. The largest absolute Gasteiger partial charge is 0.507 e. The number of aliphatic hydroxyl groups excluding tert-OH is 1. The Morgan fingerprint density at radius 2 is 1.61 bits per heavy atom. The number of hydrogen-bond donors (Lipinski definition) is 1. The van der Waals surface area contributed by atoms with Crippen molar-refractivity contribution in [3.63, 3.8) is 0 Å². The van der Waals surface area contributed by atoms with Gasteiger partial charge in [-0.15, -0.1) is 0 Å². The molecule has 0 bridgehead atoms. The third kappa shape index (κ3) is 3.06. The summed E-state index contributed by atoms with van der Waals surface area (Å²) in [6.45, 7) is 0. The van der Waals surface area contributed by atoms with Crippen LogP contribution in [0.2, 0.25) is 5.02 Å². The minimum absolute atomic E-state index is 0.0178. The number of nitrogens with zero attached hydrogens (tertiary/aromatic N) is 2. The zero-order valence-electron chi connectivity index (χ0n) is 14.6. The van der Waals surface area contributed by atoms with Crippen molar-refractivity contribution in [1.29, 1.82) is 0 Å². The fraction of sp³-hybridized carbons (Fsp3) is 0.0455. The lowest BCUT2D eigenvalue weighted by molar-refractivity contribution is -0.132. The van der Waals surface area contributed by atoms with Crippen LogP contribution in [0.1, 0.15) is 17.2 Å². The lowest BCUT2D eigenvalue weighted by Gasteiger charge is -2.24. The number of carbonyl (C=O) groups is 2. The summed E-state index contributed by atoms with van der Waals surface area (Å²) < 4.78 is 0. The number of rotatable bonds is 3. The Labute approximate surface area is 166 Å². The van der Waals surface area contributed by atoms with Gasteiger partial charge < -0.3 is 5.11 Å². The Morgan fingerprint density at radius 3 is 2.25 bits per heavy atom. The second-order valence-electron chi connectivity index (χ2n) is 6.27. The molecule has 0 spiro atoms. The molecule has 138 valence electrons. The number of anilines is 1. The molecule has 3 aromatic rings. The minimum Gasteiger partial charge on any atom is -0.507 e. The van der Waals surface area contributed by atoms with Crippen molar-refractivity contribution in [2.24, 2.45) is 0 Å². The van der Waals surface area contributed by atoms with Crippen LogP contribution < -0.4 is 4.90 Å². The van der Waals surface area contributed by atoms with Gasteiger partial charge in [0, 0.05) is 16.8 Å². The Hall–Kier alpha value is -3.44. The fourth-order valence-corrected chi connectivity index (χ4v) is 3.40. The SMILES string of the molecule is O=C1C(=O)N(c2ccccn2)[C@@H](c2ccc(Cl)cc2)C1=C(O)c1ccccc1. The topological polar surface area (TPSA) is 70.5 Å². The highest BCUT2D eigenvalue weighted by molar-refractivity contribution is 6.51. The van der Waals surface area contributed by atoms with Crippen molar-refractivity contribution in [3.05, 3.63) is 101 Å². The molecule has 1 N–H and O–H groups in total. The first-order chi connectivity index (χ1) is 13.6. The second kappa shape index (κ2) is 7.29. The third-order valence-corrected chi connectivity index (χ3v) is 4.83. The van der Waals surface area contributed by atoms with Crippen LogP contribution in [0.3, 0.4) is 0 Å². The number of benzene rings is 2. The summed E-state index contributed by atoms with van der Waals surface area (Å²) in [5.74, 6) is -1.39. The zero-order chi connectivity index (χ0) is 19.7. The van der Waals surface area contributed by atoms with Gasteiger partial charge in [0.25, 0.3) is 5.78 Å². The van der Waals surface area contributed by atoms with Crippen molar-refractivity contribution in [1.82, 2.24) is 4.98 Å². The van der Waals surface area contributed by atoms with E-state index in [0.29, 0.717) is 22.0 Å². The van der Waals surface area contributed by atoms with E-state index >= 15 is 0 Å². The molecule has 0 unspecified atom stereocenters. The smallest absolute Gasteiger partial charge is 0.301 e. The molecule has 0 aliphatic carbocycles. The molecule has 2 aromatic carbocycles. The monoisotopic (exact) mass is 390 g/mol. The molecule has 1 atom stereocenters. The summed E-state index contributed by atoms with van der Waals surface area (Å²) in [5, 5.41) is 11.4. The number of carbonyl (C=O) groups excluding carboxylic acids is 2. The van der Waals surface area contributed by atoms with E-state index in [4.69, 9.17) is 11.6 Å².